The normalized spacial score (nSPS) is 25.0. The van der Waals surface area contributed by atoms with Gasteiger partial charge < -0.3 is 14.7 Å². The molecule has 5 nitrogen and oxygen atoms in total. The van der Waals surface area contributed by atoms with Crippen molar-refractivity contribution < 1.29 is 14.6 Å². The minimum absolute atomic E-state index is 0.188. The summed E-state index contributed by atoms with van der Waals surface area (Å²) in [6, 6.07) is 0. The Kier molecular flexibility index (Phi) is 4.87. The Morgan fingerprint density at radius 3 is 2.81 bits per heavy atom. The molecule has 2 aliphatic rings. The Hall–Kier alpha value is -0.980. The predicted molar refractivity (Wildman–Crippen MR) is 81.1 cm³/mol. The fourth-order valence-corrected chi connectivity index (χ4v) is 4.14. The third kappa shape index (κ3) is 3.81. The van der Waals surface area contributed by atoms with Crippen LogP contribution in [0.25, 0.3) is 0 Å². The molecule has 2 fully saturated rings. The van der Waals surface area contributed by atoms with E-state index in [4.69, 9.17) is 9.84 Å². The van der Waals surface area contributed by atoms with Gasteiger partial charge in [0.15, 0.2) is 5.69 Å². The van der Waals surface area contributed by atoms with Crippen LogP contribution in [-0.4, -0.2) is 53.3 Å². The minimum atomic E-state index is -0.926. The van der Waals surface area contributed by atoms with Crippen LogP contribution in [0, 0.1) is 0 Å². The Labute approximate surface area is 128 Å². The number of thiazole rings is 1. The van der Waals surface area contributed by atoms with E-state index in [1.54, 1.807) is 5.38 Å². The van der Waals surface area contributed by atoms with Gasteiger partial charge in [-0.1, -0.05) is 0 Å². The number of aromatic nitrogens is 1. The van der Waals surface area contributed by atoms with E-state index in [9.17, 15) is 4.79 Å². The average molecular weight is 310 g/mol. The molecule has 0 spiro atoms. The predicted octanol–water partition coefficient (Wildman–Crippen LogP) is 2.59. The molecule has 1 N–H and O–H groups in total. The molecule has 116 valence electrons. The maximum absolute atomic E-state index is 10.9. The van der Waals surface area contributed by atoms with Crippen molar-refractivity contribution in [1.29, 1.82) is 0 Å². The summed E-state index contributed by atoms with van der Waals surface area (Å²) in [7, 11) is 0. The molecular weight excluding hydrogens is 288 g/mol. The number of hydrogen-bond acceptors (Lipinski definition) is 5. The molecular formula is C15H22N2O3S. The lowest BCUT2D eigenvalue weighted by molar-refractivity contribution is -0.00950. The third-order valence-corrected chi connectivity index (χ3v) is 5.42. The number of carboxylic acids is 1. The highest BCUT2D eigenvalue weighted by molar-refractivity contribution is 7.09. The smallest absolute Gasteiger partial charge is 0.355 e. The van der Waals surface area contributed by atoms with Crippen LogP contribution in [-0.2, 0) is 4.74 Å². The molecule has 0 aliphatic carbocycles. The first kappa shape index (κ1) is 14.9. The van der Waals surface area contributed by atoms with Gasteiger partial charge >= 0.3 is 5.97 Å². The van der Waals surface area contributed by atoms with E-state index in [-0.39, 0.29) is 5.69 Å². The van der Waals surface area contributed by atoms with Crippen LogP contribution in [0.4, 0.5) is 0 Å². The van der Waals surface area contributed by atoms with E-state index in [0.717, 1.165) is 44.1 Å². The topological polar surface area (TPSA) is 62.7 Å². The van der Waals surface area contributed by atoms with Gasteiger partial charge in [0, 0.05) is 24.4 Å². The summed E-state index contributed by atoms with van der Waals surface area (Å²) in [5.41, 5.74) is 0.188. The van der Waals surface area contributed by atoms with Crippen LogP contribution < -0.4 is 0 Å². The zero-order valence-electron chi connectivity index (χ0n) is 12.2. The number of hydrogen-bond donors (Lipinski definition) is 1. The molecule has 1 aromatic rings. The van der Waals surface area contributed by atoms with Gasteiger partial charge in [-0.2, -0.15) is 0 Å². The van der Waals surface area contributed by atoms with E-state index < -0.39 is 5.97 Å². The number of ether oxygens (including phenoxy) is 1. The summed E-state index contributed by atoms with van der Waals surface area (Å²) >= 11 is 1.49. The summed E-state index contributed by atoms with van der Waals surface area (Å²) in [6.45, 7) is 4.09. The first-order valence-electron chi connectivity index (χ1n) is 7.75. The lowest BCUT2D eigenvalue weighted by atomic mass is 9.97. The number of piperidine rings is 1. The van der Waals surface area contributed by atoms with Crippen LogP contribution >= 0.6 is 11.3 Å². The standard InChI is InChI=1S/C15H22N2O3S/c18-15(19)13-10-21-14(16-13)11-4-6-17(7-5-11)9-12-3-1-2-8-20-12/h10-12H,1-9H2,(H,18,19). The van der Waals surface area contributed by atoms with E-state index in [2.05, 4.69) is 9.88 Å². The number of carboxylic acid groups (broad SMARTS) is 1. The van der Waals surface area contributed by atoms with Crippen molar-refractivity contribution in [2.24, 2.45) is 0 Å². The summed E-state index contributed by atoms with van der Waals surface area (Å²) < 4.78 is 5.80. The van der Waals surface area contributed by atoms with Crippen molar-refractivity contribution in [3.8, 4) is 0 Å². The van der Waals surface area contributed by atoms with Gasteiger partial charge in [-0.05, 0) is 45.2 Å². The Balaban J connectivity index is 1.48. The van der Waals surface area contributed by atoms with Crippen molar-refractivity contribution in [3.63, 3.8) is 0 Å². The maximum atomic E-state index is 10.9. The summed E-state index contributed by atoms with van der Waals surface area (Å²) in [5, 5.41) is 11.6. The molecule has 0 bridgehead atoms. The first-order chi connectivity index (χ1) is 10.2. The molecule has 3 rings (SSSR count). The van der Waals surface area contributed by atoms with Crippen LogP contribution in [0.5, 0.6) is 0 Å². The molecule has 3 heterocycles. The van der Waals surface area contributed by atoms with Gasteiger partial charge in [0.25, 0.3) is 0 Å². The Morgan fingerprint density at radius 1 is 1.38 bits per heavy atom. The van der Waals surface area contributed by atoms with Crippen molar-refractivity contribution in [2.45, 2.75) is 44.1 Å². The molecule has 1 unspecified atom stereocenters. The van der Waals surface area contributed by atoms with Gasteiger partial charge in [-0.15, -0.1) is 11.3 Å². The first-order valence-corrected chi connectivity index (χ1v) is 8.63. The SMILES string of the molecule is O=C(O)c1csc(C2CCN(CC3CCCCO3)CC2)n1. The molecule has 2 saturated heterocycles. The average Bonchev–Trinajstić information content (AvgIpc) is 2.99. The number of likely N-dealkylation sites (tertiary alicyclic amines) is 1. The highest BCUT2D eigenvalue weighted by Gasteiger charge is 2.26. The lowest BCUT2D eigenvalue weighted by Gasteiger charge is -2.34. The van der Waals surface area contributed by atoms with Gasteiger partial charge in [-0.3, -0.25) is 0 Å². The molecule has 1 aromatic heterocycles. The quantitative estimate of drug-likeness (QED) is 0.926. The van der Waals surface area contributed by atoms with Crippen LogP contribution in [0.1, 0.15) is 53.5 Å². The van der Waals surface area contributed by atoms with Crippen LogP contribution in [0.15, 0.2) is 5.38 Å². The highest BCUT2D eigenvalue weighted by Crippen LogP contribution is 2.30. The van der Waals surface area contributed by atoms with E-state index in [0.29, 0.717) is 12.0 Å². The van der Waals surface area contributed by atoms with Gasteiger partial charge in [0.05, 0.1) is 11.1 Å². The second-order valence-corrected chi connectivity index (χ2v) is 6.83. The minimum Gasteiger partial charge on any atom is -0.476 e. The monoisotopic (exact) mass is 310 g/mol. The highest BCUT2D eigenvalue weighted by atomic mass is 32.1. The molecule has 2 aliphatic heterocycles. The zero-order chi connectivity index (χ0) is 14.7. The van der Waals surface area contributed by atoms with E-state index in [1.165, 1.54) is 30.6 Å². The van der Waals surface area contributed by atoms with E-state index >= 15 is 0 Å². The molecule has 21 heavy (non-hydrogen) atoms. The van der Waals surface area contributed by atoms with E-state index in [1.807, 2.05) is 0 Å². The second-order valence-electron chi connectivity index (χ2n) is 5.94. The fraction of sp³-hybridized carbons (Fsp3) is 0.733. The largest absolute Gasteiger partial charge is 0.476 e. The molecule has 0 radical (unpaired) electrons. The van der Waals surface area contributed by atoms with Gasteiger partial charge in [-0.25, -0.2) is 9.78 Å². The van der Waals surface area contributed by atoms with Crippen LogP contribution in [0.3, 0.4) is 0 Å². The van der Waals surface area contributed by atoms with Gasteiger partial charge in [0.2, 0.25) is 0 Å². The lowest BCUT2D eigenvalue weighted by Crippen LogP contribution is -2.40. The van der Waals surface area contributed by atoms with Crippen molar-refractivity contribution in [2.75, 3.05) is 26.2 Å². The van der Waals surface area contributed by atoms with Crippen molar-refractivity contribution in [1.82, 2.24) is 9.88 Å². The number of carbonyl (C=O) groups is 1. The van der Waals surface area contributed by atoms with Crippen molar-refractivity contribution >= 4 is 17.3 Å². The van der Waals surface area contributed by atoms with Crippen molar-refractivity contribution in [3.05, 3.63) is 16.1 Å². The molecule has 6 heteroatoms. The molecule has 0 amide bonds. The third-order valence-electron chi connectivity index (χ3n) is 4.41. The molecule has 0 aromatic carbocycles. The second kappa shape index (κ2) is 6.85. The zero-order valence-corrected chi connectivity index (χ0v) is 13.0. The Bertz CT molecular complexity index is 477. The van der Waals surface area contributed by atoms with Gasteiger partial charge in [0.1, 0.15) is 0 Å². The Morgan fingerprint density at radius 2 is 2.19 bits per heavy atom. The fourth-order valence-electron chi connectivity index (χ4n) is 3.18. The number of aromatic carboxylic acids is 1. The maximum Gasteiger partial charge on any atom is 0.355 e. The number of nitrogens with zero attached hydrogens (tertiary/aromatic N) is 2. The summed E-state index contributed by atoms with van der Waals surface area (Å²) in [6.07, 6.45) is 6.23. The summed E-state index contributed by atoms with van der Waals surface area (Å²) in [4.78, 5) is 17.6. The number of rotatable bonds is 4. The van der Waals surface area contributed by atoms with Crippen LogP contribution in [0.2, 0.25) is 0 Å². The summed E-state index contributed by atoms with van der Waals surface area (Å²) in [5.74, 6) is -0.504. The molecule has 0 saturated carbocycles. The molecule has 1 atom stereocenters.